The van der Waals surface area contributed by atoms with Gasteiger partial charge in [-0.2, -0.15) is 0 Å². The quantitative estimate of drug-likeness (QED) is 0.328. The molecular weight excluding hydrogens is 254 g/mol. The molecule has 2 aromatic heterocycles. The van der Waals surface area contributed by atoms with Crippen molar-refractivity contribution in [3.8, 4) is 0 Å². The zero-order chi connectivity index (χ0) is 14.4. The maximum absolute atomic E-state index is 8.74. The first-order valence-electron chi connectivity index (χ1n) is 6.24. The molecule has 2 aromatic rings. The molecule has 20 heavy (non-hydrogen) atoms. The Labute approximate surface area is 117 Å². The number of oxime groups is 1. The van der Waals surface area contributed by atoms with Crippen molar-refractivity contribution in [3.63, 3.8) is 0 Å². The first-order valence-corrected chi connectivity index (χ1v) is 6.24. The van der Waals surface area contributed by atoms with Gasteiger partial charge in [-0.15, -0.1) is 0 Å². The third-order valence-electron chi connectivity index (χ3n) is 2.86. The lowest BCUT2D eigenvalue weighted by Gasteiger charge is -2.08. The molecule has 0 amide bonds. The molecule has 4 N–H and O–H groups in total. The van der Waals surface area contributed by atoms with Crippen molar-refractivity contribution in [2.75, 3.05) is 0 Å². The second kappa shape index (κ2) is 6.63. The van der Waals surface area contributed by atoms with Crippen LogP contribution in [0.3, 0.4) is 0 Å². The van der Waals surface area contributed by atoms with E-state index in [0.29, 0.717) is 18.8 Å². The minimum Gasteiger partial charge on any atom is -0.409 e. The van der Waals surface area contributed by atoms with Gasteiger partial charge in [0.2, 0.25) is 0 Å². The second-order valence-electron chi connectivity index (χ2n) is 4.41. The number of nitrogens with two attached hydrogens (primary N) is 1. The fourth-order valence-corrected chi connectivity index (χ4v) is 1.80. The topological polar surface area (TPSA) is 96.4 Å². The SMILES string of the molecule is Cc1ccc(CNCc2cccnc2C(N)=NO)cn1. The van der Waals surface area contributed by atoms with E-state index in [2.05, 4.69) is 20.4 Å². The monoisotopic (exact) mass is 271 g/mol. The Bertz CT molecular complexity index is 595. The molecule has 104 valence electrons. The van der Waals surface area contributed by atoms with Crippen LogP contribution >= 0.6 is 0 Å². The van der Waals surface area contributed by atoms with E-state index < -0.39 is 0 Å². The molecule has 2 rings (SSSR count). The highest BCUT2D eigenvalue weighted by Crippen LogP contribution is 2.06. The summed E-state index contributed by atoms with van der Waals surface area (Å²) in [4.78, 5) is 8.36. The maximum Gasteiger partial charge on any atom is 0.189 e. The molecule has 0 aliphatic heterocycles. The number of hydrogen-bond acceptors (Lipinski definition) is 5. The van der Waals surface area contributed by atoms with Crippen molar-refractivity contribution in [2.24, 2.45) is 10.9 Å². The molecule has 6 heteroatoms. The number of rotatable bonds is 5. The van der Waals surface area contributed by atoms with Crippen LogP contribution in [0.1, 0.15) is 22.5 Å². The molecule has 0 fully saturated rings. The molecule has 0 bridgehead atoms. The Morgan fingerprint density at radius 3 is 2.85 bits per heavy atom. The Morgan fingerprint density at radius 1 is 1.30 bits per heavy atom. The van der Waals surface area contributed by atoms with Crippen LogP contribution < -0.4 is 11.1 Å². The predicted octanol–water partition coefficient (Wildman–Crippen LogP) is 1.17. The number of hydrogen-bond donors (Lipinski definition) is 3. The molecule has 0 aliphatic rings. The Hall–Kier alpha value is -2.47. The van der Waals surface area contributed by atoms with Gasteiger partial charge in [-0.3, -0.25) is 9.97 Å². The van der Waals surface area contributed by atoms with Crippen LogP contribution in [0.4, 0.5) is 0 Å². The van der Waals surface area contributed by atoms with Crippen LogP contribution in [-0.4, -0.2) is 21.0 Å². The highest BCUT2D eigenvalue weighted by Gasteiger charge is 2.07. The number of pyridine rings is 2. The molecule has 0 radical (unpaired) electrons. The lowest BCUT2D eigenvalue weighted by atomic mass is 10.1. The van der Waals surface area contributed by atoms with E-state index in [0.717, 1.165) is 16.8 Å². The van der Waals surface area contributed by atoms with Crippen molar-refractivity contribution >= 4 is 5.84 Å². The Morgan fingerprint density at radius 2 is 2.15 bits per heavy atom. The molecule has 0 atom stereocenters. The maximum atomic E-state index is 8.74. The van der Waals surface area contributed by atoms with Crippen LogP contribution in [0.15, 0.2) is 41.8 Å². The van der Waals surface area contributed by atoms with Crippen molar-refractivity contribution in [2.45, 2.75) is 20.0 Å². The van der Waals surface area contributed by atoms with Gasteiger partial charge in [0, 0.05) is 31.2 Å². The zero-order valence-corrected chi connectivity index (χ0v) is 11.2. The van der Waals surface area contributed by atoms with Crippen LogP contribution in [0.25, 0.3) is 0 Å². The fourth-order valence-electron chi connectivity index (χ4n) is 1.80. The molecule has 0 saturated carbocycles. The predicted molar refractivity (Wildman–Crippen MR) is 76.3 cm³/mol. The highest BCUT2D eigenvalue weighted by molar-refractivity contribution is 5.96. The summed E-state index contributed by atoms with van der Waals surface area (Å²) in [5, 5.41) is 15.0. The third kappa shape index (κ3) is 3.52. The summed E-state index contributed by atoms with van der Waals surface area (Å²) in [6.45, 7) is 3.22. The van der Waals surface area contributed by atoms with Crippen molar-refractivity contribution in [1.29, 1.82) is 0 Å². The van der Waals surface area contributed by atoms with Crippen LogP contribution in [0.5, 0.6) is 0 Å². The number of nitrogens with one attached hydrogen (secondary N) is 1. The van der Waals surface area contributed by atoms with Gasteiger partial charge in [0.25, 0.3) is 0 Å². The number of amidine groups is 1. The summed E-state index contributed by atoms with van der Waals surface area (Å²) in [6, 6.07) is 7.71. The third-order valence-corrected chi connectivity index (χ3v) is 2.86. The smallest absolute Gasteiger partial charge is 0.189 e. The molecule has 0 saturated heterocycles. The molecule has 0 unspecified atom stereocenters. The van der Waals surface area contributed by atoms with E-state index in [1.165, 1.54) is 0 Å². The Kier molecular flexibility index (Phi) is 4.62. The zero-order valence-electron chi connectivity index (χ0n) is 11.2. The Balaban J connectivity index is 1.99. The summed E-state index contributed by atoms with van der Waals surface area (Å²) in [5.74, 6) is 0.0133. The van der Waals surface area contributed by atoms with Crippen LogP contribution in [0, 0.1) is 6.92 Å². The van der Waals surface area contributed by atoms with Gasteiger partial charge in [-0.05, 0) is 30.2 Å². The van der Waals surface area contributed by atoms with E-state index in [1.54, 1.807) is 6.20 Å². The molecule has 6 nitrogen and oxygen atoms in total. The van der Waals surface area contributed by atoms with Crippen molar-refractivity contribution in [1.82, 2.24) is 15.3 Å². The second-order valence-corrected chi connectivity index (χ2v) is 4.41. The van der Waals surface area contributed by atoms with Gasteiger partial charge < -0.3 is 16.3 Å². The van der Waals surface area contributed by atoms with Gasteiger partial charge in [0.1, 0.15) is 5.69 Å². The number of aromatic nitrogens is 2. The number of aryl methyl sites for hydroxylation is 1. The van der Waals surface area contributed by atoms with Crippen LogP contribution in [0.2, 0.25) is 0 Å². The summed E-state index contributed by atoms with van der Waals surface area (Å²) >= 11 is 0. The van der Waals surface area contributed by atoms with Gasteiger partial charge in [0.05, 0.1) is 0 Å². The normalized spacial score (nSPS) is 11.6. The van der Waals surface area contributed by atoms with Crippen LogP contribution in [-0.2, 0) is 13.1 Å². The summed E-state index contributed by atoms with van der Waals surface area (Å²) in [6.07, 6.45) is 3.46. The summed E-state index contributed by atoms with van der Waals surface area (Å²) in [5.41, 5.74) is 9.06. The fraction of sp³-hybridized carbons (Fsp3) is 0.214. The molecule has 0 spiro atoms. The van der Waals surface area contributed by atoms with Gasteiger partial charge in [0.15, 0.2) is 5.84 Å². The van der Waals surface area contributed by atoms with Crippen molar-refractivity contribution < 1.29 is 5.21 Å². The minimum atomic E-state index is 0.0133. The molecular formula is C14H17N5O. The molecule has 0 aliphatic carbocycles. The van der Waals surface area contributed by atoms with E-state index in [1.807, 2.05) is 37.4 Å². The largest absolute Gasteiger partial charge is 0.409 e. The lowest BCUT2D eigenvalue weighted by Crippen LogP contribution is -2.21. The van der Waals surface area contributed by atoms with Gasteiger partial charge in [-0.1, -0.05) is 17.3 Å². The summed E-state index contributed by atoms with van der Waals surface area (Å²) < 4.78 is 0. The van der Waals surface area contributed by atoms with E-state index >= 15 is 0 Å². The average Bonchev–Trinajstić information content (AvgIpc) is 2.49. The lowest BCUT2D eigenvalue weighted by molar-refractivity contribution is 0.318. The average molecular weight is 271 g/mol. The van der Waals surface area contributed by atoms with E-state index in [9.17, 15) is 0 Å². The van der Waals surface area contributed by atoms with Gasteiger partial charge >= 0.3 is 0 Å². The first-order chi connectivity index (χ1) is 9.70. The standard InChI is InChI=1S/C14H17N5O/c1-10-4-5-11(8-18-10)7-16-9-12-3-2-6-17-13(12)14(15)19-20/h2-6,8,16,20H,7,9H2,1H3,(H2,15,19). The van der Waals surface area contributed by atoms with E-state index in [-0.39, 0.29) is 5.84 Å². The number of nitrogens with zero attached hydrogens (tertiary/aromatic N) is 3. The highest BCUT2D eigenvalue weighted by atomic mass is 16.4. The summed E-state index contributed by atoms with van der Waals surface area (Å²) in [7, 11) is 0. The minimum absolute atomic E-state index is 0.0133. The van der Waals surface area contributed by atoms with Gasteiger partial charge in [-0.25, -0.2) is 0 Å². The molecule has 0 aromatic carbocycles. The molecule has 2 heterocycles. The van der Waals surface area contributed by atoms with Crippen molar-refractivity contribution in [3.05, 3.63) is 59.2 Å². The first kappa shape index (κ1) is 14.0. The van der Waals surface area contributed by atoms with E-state index in [4.69, 9.17) is 10.9 Å².